The Balaban J connectivity index is 2.11. The van der Waals surface area contributed by atoms with Gasteiger partial charge in [0, 0.05) is 22.1 Å². The topological polar surface area (TPSA) is 57.4 Å². The SMILES string of the molecule is CCC1=C(CC)c2cc3[nH]c(cc4[nH]c(c(/C=C/Br)c5nc(cc1n2)C(CC)=C5CC)c(CC)c4CC)c(CC)c3CC. The van der Waals surface area contributed by atoms with Gasteiger partial charge in [-0.05, 0) is 125 Å². The van der Waals surface area contributed by atoms with Gasteiger partial charge >= 0.3 is 0 Å². The van der Waals surface area contributed by atoms with E-state index in [2.05, 4.69) is 106 Å². The van der Waals surface area contributed by atoms with E-state index < -0.39 is 0 Å². The fourth-order valence-electron chi connectivity index (χ4n) is 7.45. The van der Waals surface area contributed by atoms with Crippen molar-refractivity contribution in [2.45, 2.75) is 107 Å². The number of hydrogen-bond donors (Lipinski definition) is 2. The molecule has 43 heavy (non-hydrogen) atoms. The van der Waals surface area contributed by atoms with Crippen molar-refractivity contribution in [2.75, 3.05) is 0 Å². The zero-order valence-electron chi connectivity index (χ0n) is 27.3. The van der Waals surface area contributed by atoms with E-state index in [1.807, 2.05) is 4.99 Å². The third-order valence-electron chi connectivity index (χ3n) is 9.38. The molecule has 0 aliphatic carbocycles. The first-order valence-electron chi connectivity index (χ1n) is 16.5. The maximum atomic E-state index is 5.43. The monoisotopic (exact) mass is 638 g/mol. The number of nitrogens with one attached hydrogen (secondary N) is 2. The lowest BCUT2D eigenvalue weighted by Gasteiger charge is -2.07. The average molecular weight is 640 g/mol. The van der Waals surface area contributed by atoms with E-state index in [4.69, 9.17) is 9.97 Å². The summed E-state index contributed by atoms with van der Waals surface area (Å²) in [5.74, 6) is 0. The zero-order chi connectivity index (χ0) is 30.8. The molecule has 0 unspecified atom stereocenters. The van der Waals surface area contributed by atoms with Gasteiger partial charge in [0.1, 0.15) is 0 Å². The predicted octanol–water partition coefficient (Wildman–Crippen LogP) is 11.4. The van der Waals surface area contributed by atoms with E-state index in [0.29, 0.717) is 0 Å². The molecule has 0 amide bonds. The van der Waals surface area contributed by atoms with Gasteiger partial charge < -0.3 is 9.97 Å². The number of hydrogen-bond acceptors (Lipinski definition) is 2. The standard InChI is InChI=1S/C38H47BrN4/c1-9-22-24(11-3)33-20-35-26(13-5)28(15-7)37(42-35)30(17-18-39)38-29(16-8)27(14-6)36(43-38)21-34-25(12-4)23(10-2)32(41-34)19-31(22)40-33/h17-21,40,42H,9-16H2,1-8H3/b18-17+,31-19?,32-19?,33-20?,34-21?,35-20?,36-21?,37-30?,38-30?. The number of aryl methyl sites for hydroxylation is 4. The fraction of sp³-hybridized carbons (Fsp3) is 0.421. The molecule has 0 fully saturated rings. The second kappa shape index (κ2) is 13.2. The third-order valence-corrected chi connectivity index (χ3v) is 9.64. The highest BCUT2D eigenvalue weighted by molar-refractivity contribution is 9.11. The number of nitrogens with zero attached hydrogens (tertiary/aromatic N) is 2. The summed E-state index contributed by atoms with van der Waals surface area (Å²) in [6.45, 7) is 18.1. The molecule has 5 heterocycles. The minimum Gasteiger partial charge on any atom is -0.355 e. The number of rotatable bonds is 9. The number of allylic oxidation sites excluding steroid dienone is 4. The van der Waals surface area contributed by atoms with Gasteiger partial charge in [-0.1, -0.05) is 71.3 Å². The summed E-state index contributed by atoms with van der Waals surface area (Å²) in [5, 5.41) is 0. The molecule has 226 valence electrons. The largest absolute Gasteiger partial charge is 0.355 e. The van der Waals surface area contributed by atoms with Gasteiger partial charge in [-0.2, -0.15) is 0 Å². The van der Waals surface area contributed by atoms with Crippen LogP contribution in [0, 0.1) is 0 Å². The zero-order valence-corrected chi connectivity index (χ0v) is 28.9. The van der Waals surface area contributed by atoms with Crippen molar-refractivity contribution in [3.8, 4) is 0 Å². The third kappa shape index (κ3) is 5.28. The Labute approximate surface area is 266 Å². The first-order chi connectivity index (χ1) is 20.9. The van der Waals surface area contributed by atoms with Crippen LogP contribution in [0.2, 0.25) is 0 Å². The molecule has 0 saturated carbocycles. The van der Waals surface area contributed by atoms with Crippen molar-refractivity contribution < 1.29 is 0 Å². The van der Waals surface area contributed by atoms with Crippen molar-refractivity contribution in [3.63, 3.8) is 0 Å². The molecular formula is C38H47BrN4. The summed E-state index contributed by atoms with van der Waals surface area (Å²) in [6, 6.07) is 6.93. The highest BCUT2D eigenvalue weighted by Gasteiger charge is 2.24. The molecule has 3 aromatic rings. The lowest BCUT2D eigenvalue weighted by Crippen LogP contribution is -1.91. The van der Waals surface area contributed by atoms with Crippen molar-refractivity contribution in [1.82, 2.24) is 19.9 Å². The van der Waals surface area contributed by atoms with E-state index in [9.17, 15) is 0 Å². The van der Waals surface area contributed by atoms with Gasteiger partial charge in [-0.3, -0.25) is 0 Å². The van der Waals surface area contributed by atoms with Crippen LogP contribution < -0.4 is 0 Å². The summed E-state index contributed by atoms with van der Waals surface area (Å²) in [6.07, 6.45) is 9.83. The molecule has 5 heteroatoms. The number of aromatic amines is 2. The van der Waals surface area contributed by atoms with Gasteiger partial charge in [0.25, 0.3) is 0 Å². The normalized spacial score (nSPS) is 13.7. The number of H-pyrrole nitrogens is 2. The molecule has 4 nitrogen and oxygen atoms in total. The summed E-state index contributed by atoms with van der Waals surface area (Å²) in [4.78, 5) is 20.5. The van der Waals surface area contributed by atoms with Gasteiger partial charge in [-0.25, -0.2) is 9.97 Å². The molecular weight excluding hydrogens is 592 g/mol. The van der Waals surface area contributed by atoms with Crippen LogP contribution in [0.25, 0.3) is 50.4 Å². The van der Waals surface area contributed by atoms with Gasteiger partial charge in [0.2, 0.25) is 0 Å². The molecule has 5 rings (SSSR count). The van der Waals surface area contributed by atoms with Crippen LogP contribution in [0.15, 0.2) is 23.2 Å². The second-order valence-electron chi connectivity index (χ2n) is 11.4. The first-order valence-corrected chi connectivity index (χ1v) is 17.4. The molecule has 0 spiro atoms. The Hall–Kier alpha value is -3.18. The molecule has 0 aromatic carbocycles. The second-order valence-corrected chi connectivity index (χ2v) is 11.9. The van der Waals surface area contributed by atoms with Crippen LogP contribution in [-0.4, -0.2) is 19.9 Å². The van der Waals surface area contributed by atoms with E-state index in [1.165, 1.54) is 66.6 Å². The van der Waals surface area contributed by atoms with Crippen LogP contribution in [0.1, 0.15) is 132 Å². The van der Waals surface area contributed by atoms with E-state index in [0.717, 1.165) is 79.7 Å². The Bertz CT molecular complexity index is 1810. The van der Waals surface area contributed by atoms with Gasteiger partial charge in [0.15, 0.2) is 0 Å². The van der Waals surface area contributed by atoms with Gasteiger partial charge in [-0.15, -0.1) is 0 Å². The van der Waals surface area contributed by atoms with Crippen LogP contribution in [-0.2, 0) is 25.7 Å². The Morgan fingerprint density at radius 3 is 1.53 bits per heavy atom. The summed E-state index contributed by atoms with van der Waals surface area (Å²) >= 11 is 3.63. The molecule has 2 aliphatic heterocycles. The van der Waals surface area contributed by atoms with Crippen molar-refractivity contribution in [3.05, 3.63) is 73.8 Å². The molecule has 3 aromatic heterocycles. The van der Waals surface area contributed by atoms with Crippen LogP contribution in [0.5, 0.6) is 0 Å². The molecule has 2 aliphatic rings. The summed E-state index contributed by atoms with van der Waals surface area (Å²) < 4.78 is 0. The molecule has 0 radical (unpaired) electrons. The van der Waals surface area contributed by atoms with Crippen molar-refractivity contribution in [1.29, 1.82) is 0 Å². The highest BCUT2D eigenvalue weighted by Crippen LogP contribution is 2.41. The fourth-order valence-corrected chi connectivity index (χ4v) is 7.71. The van der Waals surface area contributed by atoms with Crippen LogP contribution in [0.3, 0.4) is 0 Å². The lowest BCUT2D eigenvalue weighted by atomic mass is 9.95. The average Bonchev–Trinajstić information content (AvgIpc) is 3.74. The number of aromatic nitrogens is 4. The Kier molecular flexibility index (Phi) is 9.60. The molecule has 0 atom stereocenters. The molecule has 2 N–H and O–H groups in total. The smallest absolute Gasteiger partial charge is 0.0765 e. The minimum absolute atomic E-state index is 0.930. The van der Waals surface area contributed by atoms with Crippen LogP contribution in [0.4, 0.5) is 0 Å². The van der Waals surface area contributed by atoms with E-state index in [-0.39, 0.29) is 0 Å². The highest BCUT2D eigenvalue weighted by atomic mass is 79.9. The Morgan fingerprint density at radius 1 is 0.535 bits per heavy atom. The summed E-state index contributed by atoms with van der Waals surface area (Å²) in [7, 11) is 0. The quantitative estimate of drug-likeness (QED) is 0.245. The summed E-state index contributed by atoms with van der Waals surface area (Å²) in [5.41, 5.74) is 21.1. The first kappa shape index (κ1) is 31.3. The van der Waals surface area contributed by atoms with E-state index in [1.54, 1.807) is 0 Å². The Morgan fingerprint density at radius 2 is 1.00 bits per heavy atom. The molecule has 0 saturated heterocycles. The predicted molar refractivity (Wildman–Crippen MR) is 191 cm³/mol. The van der Waals surface area contributed by atoms with Crippen LogP contribution >= 0.6 is 15.9 Å². The lowest BCUT2D eigenvalue weighted by molar-refractivity contribution is 1.07. The van der Waals surface area contributed by atoms with Crippen molar-refractivity contribution in [2.24, 2.45) is 0 Å². The maximum absolute atomic E-state index is 5.43. The maximum Gasteiger partial charge on any atom is 0.0765 e. The minimum atomic E-state index is 0.930. The van der Waals surface area contributed by atoms with Crippen molar-refractivity contribution >= 4 is 66.4 Å². The number of halogens is 1. The molecule has 8 bridgehead atoms. The van der Waals surface area contributed by atoms with Gasteiger partial charge in [0.05, 0.1) is 28.3 Å². The van der Waals surface area contributed by atoms with E-state index >= 15 is 0 Å². The number of fused-ring (bicyclic) bond motifs is 8.